The fraction of sp³-hybridized carbons (Fsp3) is 0.300. The second-order valence-electron chi connectivity index (χ2n) is 3.32. The second-order valence-corrected chi connectivity index (χ2v) is 3.32. The van der Waals surface area contributed by atoms with E-state index in [2.05, 4.69) is 5.73 Å². The van der Waals surface area contributed by atoms with Gasteiger partial charge in [-0.3, -0.25) is 4.79 Å². The average Bonchev–Trinajstić information content (AvgIpc) is 2.01. The Bertz CT molecular complexity index is 354. The summed E-state index contributed by atoms with van der Waals surface area (Å²) in [6, 6.07) is 4.27. The lowest BCUT2D eigenvalue weighted by atomic mass is 10.0. The molecular formula is C10H11F2NO. The molecule has 76 valence electrons. The summed E-state index contributed by atoms with van der Waals surface area (Å²) in [6.45, 7) is 3.38. The van der Waals surface area contributed by atoms with Crippen LogP contribution in [0.3, 0.4) is 0 Å². The minimum atomic E-state index is -3.59. The first-order chi connectivity index (χ1) is 6.34. The van der Waals surface area contributed by atoms with E-state index in [9.17, 15) is 13.6 Å². The van der Waals surface area contributed by atoms with E-state index < -0.39 is 11.8 Å². The minimum absolute atomic E-state index is 0.345. The highest BCUT2D eigenvalue weighted by Gasteiger charge is 2.38. The molecule has 0 aliphatic carbocycles. The molecule has 2 nitrogen and oxygen atoms in total. The molecule has 14 heavy (non-hydrogen) atoms. The first-order valence-corrected chi connectivity index (χ1v) is 4.10. The highest BCUT2D eigenvalue weighted by atomic mass is 19.3. The number of carbonyl (C=O) groups excluding carboxylic acids is 1. The molecule has 1 rings (SSSR count). The van der Waals surface area contributed by atoms with E-state index in [1.54, 1.807) is 19.9 Å². The predicted molar refractivity (Wildman–Crippen MR) is 49.0 cm³/mol. The average molecular weight is 199 g/mol. The van der Waals surface area contributed by atoms with Crippen molar-refractivity contribution in [1.82, 2.24) is 0 Å². The molecule has 0 aliphatic heterocycles. The number of primary amides is 1. The van der Waals surface area contributed by atoms with Gasteiger partial charge in [0.2, 0.25) is 0 Å². The van der Waals surface area contributed by atoms with Crippen LogP contribution in [0.1, 0.15) is 16.7 Å². The monoisotopic (exact) mass is 199 g/mol. The van der Waals surface area contributed by atoms with Crippen LogP contribution in [0.15, 0.2) is 18.2 Å². The summed E-state index contributed by atoms with van der Waals surface area (Å²) in [5.41, 5.74) is 5.63. The van der Waals surface area contributed by atoms with Crippen LogP contribution in [-0.2, 0) is 10.7 Å². The van der Waals surface area contributed by atoms with Crippen LogP contribution >= 0.6 is 0 Å². The first kappa shape index (κ1) is 10.6. The number of rotatable bonds is 2. The third kappa shape index (κ3) is 1.89. The largest absolute Gasteiger partial charge is 0.364 e. The molecule has 1 amide bonds. The molecule has 0 atom stereocenters. The number of alkyl halides is 2. The Labute approximate surface area is 80.7 Å². The van der Waals surface area contributed by atoms with Crippen LogP contribution in [0.5, 0.6) is 0 Å². The van der Waals surface area contributed by atoms with Crippen molar-refractivity contribution < 1.29 is 13.6 Å². The number of hydrogen-bond acceptors (Lipinski definition) is 1. The zero-order chi connectivity index (χ0) is 10.9. The van der Waals surface area contributed by atoms with Gasteiger partial charge in [-0.05, 0) is 26.0 Å². The number of carbonyl (C=O) groups is 1. The summed E-state index contributed by atoms with van der Waals surface area (Å²) in [5, 5.41) is 0. The van der Waals surface area contributed by atoms with E-state index >= 15 is 0 Å². The smallest absolute Gasteiger partial charge is 0.349 e. The van der Waals surface area contributed by atoms with Crippen LogP contribution in [0.25, 0.3) is 0 Å². The topological polar surface area (TPSA) is 43.1 Å². The number of nitrogens with two attached hydrogens (primary N) is 1. The third-order valence-electron chi connectivity index (χ3n) is 1.89. The van der Waals surface area contributed by atoms with E-state index in [-0.39, 0.29) is 5.56 Å². The van der Waals surface area contributed by atoms with Gasteiger partial charge in [0.25, 0.3) is 5.91 Å². The molecule has 0 aliphatic rings. The van der Waals surface area contributed by atoms with Gasteiger partial charge >= 0.3 is 5.92 Å². The number of benzene rings is 1. The lowest BCUT2D eigenvalue weighted by Crippen LogP contribution is -2.33. The van der Waals surface area contributed by atoms with Crippen molar-refractivity contribution in [1.29, 1.82) is 0 Å². The zero-order valence-electron chi connectivity index (χ0n) is 7.97. The molecule has 0 spiro atoms. The predicted octanol–water partition coefficient (Wildman–Crippen LogP) is 1.88. The van der Waals surface area contributed by atoms with E-state index in [0.29, 0.717) is 11.1 Å². The van der Waals surface area contributed by atoms with Crippen molar-refractivity contribution >= 4 is 5.91 Å². The molecule has 2 N–H and O–H groups in total. The Morgan fingerprint density at radius 1 is 1.21 bits per heavy atom. The SMILES string of the molecule is Cc1cc(C)cc(C(F)(F)C(N)=O)c1. The maximum atomic E-state index is 13.2. The summed E-state index contributed by atoms with van der Waals surface area (Å²) < 4.78 is 26.3. The molecule has 1 aromatic rings. The summed E-state index contributed by atoms with van der Waals surface area (Å²) >= 11 is 0. The molecule has 0 bridgehead atoms. The summed E-state index contributed by atoms with van der Waals surface area (Å²) in [5.74, 6) is -5.21. The van der Waals surface area contributed by atoms with Crippen LogP contribution in [-0.4, -0.2) is 5.91 Å². The van der Waals surface area contributed by atoms with Crippen molar-refractivity contribution in [3.8, 4) is 0 Å². The molecular weight excluding hydrogens is 188 g/mol. The van der Waals surface area contributed by atoms with Crippen molar-refractivity contribution in [2.24, 2.45) is 5.73 Å². The zero-order valence-corrected chi connectivity index (χ0v) is 7.97. The molecule has 4 heteroatoms. The van der Waals surface area contributed by atoms with Gasteiger partial charge in [0.15, 0.2) is 0 Å². The third-order valence-corrected chi connectivity index (χ3v) is 1.89. The molecule has 0 aromatic heterocycles. The Balaban J connectivity index is 3.25. The van der Waals surface area contributed by atoms with Gasteiger partial charge in [-0.1, -0.05) is 17.2 Å². The second kappa shape index (κ2) is 3.36. The summed E-state index contributed by atoms with van der Waals surface area (Å²) in [4.78, 5) is 10.5. The van der Waals surface area contributed by atoms with E-state index in [4.69, 9.17) is 0 Å². The van der Waals surface area contributed by atoms with Crippen LogP contribution in [0, 0.1) is 13.8 Å². The molecule has 0 radical (unpaired) electrons. The number of halogens is 2. The fourth-order valence-corrected chi connectivity index (χ4v) is 1.30. The minimum Gasteiger partial charge on any atom is -0.364 e. The van der Waals surface area contributed by atoms with Gasteiger partial charge in [-0.2, -0.15) is 8.78 Å². The highest BCUT2D eigenvalue weighted by Crippen LogP contribution is 2.28. The van der Waals surface area contributed by atoms with E-state index in [1.807, 2.05) is 0 Å². The molecule has 0 saturated carbocycles. The van der Waals surface area contributed by atoms with Gasteiger partial charge in [0, 0.05) is 5.56 Å². The van der Waals surface area contributed by atoms with Crippen LogP contribution in [0.4, 0.5) is 8.78 Å². The summed E-state index contributed by atoms with van der Waals surface area (Å²) in [7, 11) is 0. The van der Waals surface area contributed by atoms with Crippen molar-refractivity contribution in [3.63, 3.8) is 0 Å². The van der Waals surface area contributed by atoms with Crippen molar-refractivity contribution in [2.45, 2.75) is 19.8 Å². The van der Waals surface area contributed by atoms with Crippen molar-refractivity contribution in [2.75, 3.05) is 0 Å². The number of amides is 1. The quantitative estimate of drug-likeness (QED) is 0.776. The van der Waals surface area contributed by atoms with Gasteiger partial charge < -0.3 is 5.73 Å². The summed E-state index contributed by atoms with van der Waals surface area (Å²) in [6.07, 6.45) is 0. The maximum Gasteiger partial charge on any atom is 0.349 e. The van der Waals surface area contributed by atoms with Crippen LogP contribution in [0.2, 0.25) is 0 Å². The Morgan fingerprint density at radius 2 is 1.64 bits per heavy atom. The Hall–Kier alpha value is -1.45. The van der Waals surface area contributed by atoms with E-state index in [1.165, 1.54) is 12.1 Å². The van der Waals surface area contributed by atoms with Gasteiger partial charge in [-0.25, -0.2) is 0 Å². The maximum absolute atomic E-state index is 13.2. The lowest BCUT2D eigenvalue weighted by Gasteiger charge is -2.13. The van der Waals surface area contributed by atoms with Crippen LogP contribution < -0.4 is 5.73 Å². The molecule has 0 heterocycles. The first-order valence-electron chi connectivity index (χ1n) is 4.10. The fourth-order valence-electron chi connectivity index (χ4n) is 1.30. The molecule has 0 unspecified atom stereocenters. The van der Waals surface area contributed by atoms with E-state index in [0.717, 1.165) is 0 Å². The molecule has 1 aromatic carbocycles. The van der Waals surface area contributed by atoms with Gasteiger partial charge in [0.05, 0.1) is 0 Å². The Morgan fingerprint density at radius 3 is 2.00 bits per heavy atom. The normalized spacial score (nSPS) is 11.4. The number of hydrogen-bond donors (Lipinski definition) is 1. The van der Waals surface area contributed by atoms with Gasteiger partial charge in [-0.15, -0.1) is 0 Å². The van der Waals surface area contributed by atoms with Crippen molar-refractivity contribution in [3.05, 3.63) is 34.9 Å². The lowest BCUT2D eigenvalue weighted by molar-refractivity contribution is -0.143. The standard InChI is InChI=1S/C10H11F2NO/c1-6-3-7(2)5-8(4-6)10(11,12)9(13)14/h3-5H,1-2H3,(H2,13,14). The molecule has 0 fully saturated rings. The highest BCUT2D eigenvalue weighted by molar-refractivity contribution is 5.83. The molecule has 0 saturated heterocycles. The van der Waals surface area contributed by atoms with Gasteiger partial charge in [0.1, 0.15) is 0 Å². The Kier molecular flexibility index (Phi) is 2.55. The number of aryl methyl sites for hydroxylation is 2.